The first-order valence-electron chi connectivity index (χ1n) is 7.48. The zero-order valence-electron chi connectivity index (χ0n) is 11.8. The molecule has 3 unspecified atom stereocenters. The summed E-state index contributed by atoms with van der Waals surface area (Å²) in [5, 5.41) is 3.55. The molecule has 2 nitrogen and oxygen atoms in total. The van der Waals surface area contributed by atoms with Crippen molar-refractivity contribution >= 4 is 21.6 Å². The summed E-state index contributed by atoms with van der Waals surface area (Å²) in [5.41, 5.74) is 2.88. The van der Waals surface area contributed by atoms with Crippen molar-refractivity contribution in [2.45, 2.75) is 45.2 Å². The van der Waals surface area contributed by atoms with Crippen molar-refractivity contribution < 1.29 is 0 Å². The minimum absolute atomic E-state index is 0.414. The molecule has 3 heteroatoms. The zero-order valence-corrected chi connectivity index (χ0v) is 13.4. The predicted molar refractivity (Wildman–Crippen MR) is 84.7 cm³/mol. The first-order chi connectivity index (χ1) is 9.19. The van der Waals surface area contributed by atoms with Crippen LogP contribution in [0.15, 0.2) is 22.7 Å². The lowest BCUT2D eigenvalue weighted by Crippen LogP contribution is -2.33. The molecule has 104 valence electrons. The standard InChI is InChI=1S/C16H23BrN2/c1-3-18-11(2)15-9-13(17)5-7-16(15)19-10-12-4-6-14(19)8-12/h5,7,9,11-12,14,18H,3-4,6,8,10H2,1-2H3. The molecule has 0 spiro atoms. The molecule has 1 aromatic carbocycles. The highest BCUT2D eigenvalue weighted by Gasteiger charge is 2.38. The number of nitrogens with zero attached hydrogens (tertiary/aromatic N) is 1. The Labute approximate surface area is 124 Å². The molecule has 2 aliphatic rings. The molecule has 1 saturated carbocycles. The summed E-state index contributed by atoms with van der Waals surface area (Å²) in [5.74, 6) is 0.941. The van der Waals surface area contributed by atoms with Crippen molar-refractivity contribution in [2.24, 2.45) is 5.92 Å². The summed E-state index contributed by atoms with van der Waals surface area (Å²) in [7, 11) is 0. The Morgan fingerprint density at radius 3 is 2.89 bits per heavy atom. The average Bonchev–Trinajstić information content (AvgIpc) is 3.01. The van der Waals surface area contributed by atoms with Gasteiger partial charge in [-0.2, -0.15) is 0 Å². The number of nitrogens with one attached hydrogen (secondary N) is 1. The second kappa shape index (κ2) is 5.45. The number of rotatable bonds is 4. The summed E-state index contributed by atoms with van der Waals surface area (Å²) < 4.78 is 1.18. The van der Waals surface area contributed by atoms with Gasteiger partial charge in [0.15, 0.2) is 0 Å². The first kappa shape index (κ1) is 13.4. The number of benzene rings is 1. The molecule has 2 fully saturated rings. The van der Waals surface area contributed by atoms with E-state index in [4.69, 9.17) is 0 Å². The Morgan fingerprint density at radius 1 is 1.42 bits per heavy atom. The molecule has 1 aliphatic carbocycles. The van der Waals surface area contributed by atoms with Crippen LogP contribution in [-0.2, 0) is 0 Å². The van der Waals surface area contributed by atoms with Gasteiger partial charge in [0.25, 0.3) is 0 Å². The second-order valence-corrected chi connectivity index (χ2v) is 6.88. The number of hydrogen-bond acceptors (Lipinski definition) is 2. The molecule has 2 bridgehead atoms. The van der Waals surface area contributed by atoms with E-state index in [9.17, 15) is 0 Å². The third-order valence-corrected chi connectivity index (χ3v) is 5.18. The van der Waals surface area contributed by atoms with Crippen molar-refractivity contribution in [3.63, 3.8) is 0 Å². The van der Waals surface area contributed by atoms with Gasteiger partial charge in [-0.05, 0) is 62.4 Å². The Bertz CT molecular complexity index is 460. The highest BCUT2D eigenvalue weighted by molar-refractivity contribution is 9.10. The molecule has 1 saturated heterocycles. The number of halogens is 1. The van der Waals surface area contributed by atoms with E-state index in [0.29, 0.717) is 6.04 Å². The van der Waals surface area contributed by atoms with Crippen LogP contribution in [0.3, 0.4) is 0 Å². The Morgan fingerprint density at radius 2 is 2.26 bits per heavy atom. The number of piperidine rings is 1. The summed E-state index contributed by atoms with van der Waals surface area (Å²) in [6, 6.07) is 7.97. The molecule has 1 N–H and O–H groups in total. The lowest BCUT2D eigenvalue weighted by Gasteiger charge is -2.32. The third-order valence-electron chi connectivity index (χ3n) is 4.69. The quantitative estimate of drug-likeness (QED) is 0.897. The summed E-state index contributed by atoms with van der Waals surface area (Å²) in [6.07, 6.45) is 4.23. The van der Waals surface area contributed by atoms with Crippen molar-refractivity contribution in [1.82, 2.24) is 5.32 Å². The summed E-state index contributed by atoms with van der Waals surface area (Å²) in [4.78, 5) is 2.66. The van der Waals surface area contributed by atoms with Crippen LogP contribution in [0.5, 0.6) is 0 Å². The highest BCUT2D eigenvalue weighted by atomic mass is 79.9. The average molecular weight is 323 g/mol. The van der Waals surface area contributed by atoms with Gasteiger partial charge in [-0.15, -0.1) is 0 Å². The molecule has 3 rings (SSSR count). The fourth-order valence-electron chi connectivity index (χ4n) is 3.77. The molecule has 1 heterocycles. The van der Waals surface area contributed by atoms with E-state index in [2.05, 4.69) is 58.2 Å². The van der Waals surface area contributed by atoms with E-state index in [1.807, 2.05) is 0 Å². The van der Waals surface area contributed by atoms with Crippen molar-refractivity contribution in [1.29, 1.82) is 0 Å². The van der Waals surface area contributed by atoms with Crippen molar-refractivity contribution in [3.05, 3.63) is 28.2 Å². The van der Waals surface area contributed by atoms with Gasteiger partial charge in [0, 0.05) is 28.8 Å². The largest absolute Gasteiger partial charge is 0.368 e. The number of anilines is 1. The number of fused-ring (bicyclic) bond motifs is 2. The van der Waals surface area contributed by atoms with Crippen molar-refractivity contribution in [2.75, 3.05) is 18.0 Å². The Balaban J connectivity index is 1.92. The lowest BCUT2D eigenvalue weighted by molar-refractivity contribution is 0.546. The molecular formula is C16H23BrN2. The van der Waals surface area contributed by atoms with E-state index in [1.54, 1.807) is 0 Å². The monoisotopic (exact) mass is 322 g/mol. The first-order valence-corrected chi connectivity index (χ1v) is 8.27. The van der Waals surface area contributed by atoms with Gasteiger partial charge in [0.05, 0.1) is 0 Å². The second-order valence-electron chi connectivity index (χ2n) is 5.97. The van der Waals surface area contributed by atoms with E-state index in [1.165, 1.54) is 41.5 Å². The molecule has 3 atom stereocenters. The minimum atomic E-state index is 0.414. The molecule has 19 heavy (non-hydrogen) atoms. The molecule has 0 radical (unpaired) electrons. The van der Waals surface area contributed by atoms with Crippen LogP contribution in [0.25, 0.3) is 0 Å². The van der Waals surface area contributed by atoms with Crippen LogP contribution in [0.4, 0.5) is 5.69 Å². The van der Waals surface area contributed by atoms with E-state index in [-0.39, 0.29) is 0 Å². The van der Waals surface area contributed by atoms with Crippen LogP contribution >= 0.6 is 15.9 Å². The molecular weight excluding hydrogens is 300 g/mol. The normalized spacial score (nSPS) is 27.0. The maximum absolute atomic E-state index is 3.62. The molecule has 0 aromatic heterocycles. The lowest BCUT2D eigenvalue weighted by atomic mass is 10.0. The van der Waals surface area contributed by atoms with Crippen LogP contribution in [0, 0.1) is 5.92 Å². The van der Waals surface area contributed by atoms with Gasteiger partial charge >= 0.3 is 0 Å². The van der Waals surface area contributed by atoms with E-state index >= 15 is 0 Å². The fraction of sp³-hybridized carbons (Fsp3) is 0.625. The minimum Gasteiger partial charge on any atom is -0.368 e. The van der Waals surface area contributed by atoms with Crippen LogP contribution in [-0.4, -0.2) is 19.1 Å². The fourth-order valence-corrected chi connectivity index (χ4v) is 4.15. The van der Waals surface area contributed by atoms with Gasteiger partial charge < -0.3 is 10.2 Å². The van der Waals surface area contributed by atoms with Crippen LogP contribution < -0.4 is 10.2 Å². The zero-order chi connectivity index (χ0) is 13.4. The van der Waals surface area contributed by atoms with Crippen LogP contribution in [0.1, 0.15) is 44.7 Å². The van der Waals surface area contributed by atoms with Gasteiger partial charge in [0.1, 0.15) is 0 Å². The Kier molecular flexibility index (Phi) is 3.86. The van der Waals surface area contributed by atoms with Gasteiger partial charge in [-0.3, -0.25) is 0 Å². The SMILES string of the molecule is CCNC(C)c1cc(Br)ccc1N1CC2CCC1C2. The smallest absolute Gasteiger partial charge is 0.0418 e. The highest BCUT2D eigenvalue weighted by Crippen LogP contribution is 2.42. The van der Waals surface area contributed by atoms with Gasteiger partial charge in [0.2, 0.25) is 0 Å². The molecule has 1 aliphatic heterocycles. The van der Waals surface area contributed by atoms with Crippen molar-refractivity contribution in [3.8, 4) is 0 Å². The number of hydrogen-bond donors (Lipinski definition) is 1. The maximum Gasteiger partial charge on any atom is 0.0418 e. The molecule has 1 aromatic rings. The van der Waals surface area contributed by atoms with Gasteiger partial charge in [-0.1, -0.05) is 22.9 Å². The summed E-state index contributed by atoms with van der Waals surface area (Å²) >= 11 is 3.62. The summed E-state index contributed by atoms with van der Waals surface area (Å²) in [6.45, 7) is 6.71. The maximum atomic E-state index is 3.62. The molecule has 0 amide bonds. The van der Waals surface area contributed by atoms with E-state index in [0.717, 1.165) is 18.5 Å². The Hall–Kier alpha value is -0.540. The predicted octanol–water partition coefficient (Wildman–Crippen LogP) is 4.11. The van der Waals surface area contributed by atoms with Crippen LogP contribution in [0.2, 0.25) is 0 Å². The topological polar surface area (TPSA) is 15.3 Å². The van der Waals surface area contributed by atoms with E-state index < -0.39 is 0 Å². The third kappa shape index (κ3) is 2.55. The van der Waals surface area contributed by atoms with Gasteiger partial charge in [-0.25, -0.2) is 0 Å².